The molecule has 1 amide bonds. The van der Waals surface area contributed by atoms with E-state index in [9.17, 15) is 4.79 Å². The van der Waals surface area contributed by atoms with Gasteiger partial charge in [-0.15, -0.1) is 5.10 Å². The highest BCUT2D eigenvalue weighted by molar-refractivity contribution is 5.83. The van der Waals surface area contributed by atoms with Gasteiger partial charge in [-0.2, -0.15) is 0 Å². The smallest absolute Gasteiger partial charge is 0.315 e. The predicted octanol–water partition coefficient (Wildman–Crippen LogP) is 4.14. The third kappa shape index (κ3) is 7.07. The fraction of sp³-hybridized carbons (Fsp3) is 0.591. The zero-order valence-electron chi connectivity index (χ0n) is 17.5. The number of nitrogens with zero attached hydrogens (tertiary/aromatic N) is 3. The van der Waals surface area contributed by atoms with Crippen LogP contribution >= 0.6 is 0 Å². The molecule has 3 aliphatic rings. The van der Waals surface area contributed by atoms with Crippen molar-refractivity contribution in [1.29, 1.82) is 0 Å². The van der Waals surface area contributed by atoms with E-state index in [1.807, 2.05) is 42.2 Å². The van der Waals surface area contributed by atoms with Gasteiger partial charge in [0.2, 0.25) is 12.3 Å². The van der Waals surface area contributed by atoms with Crippen LogP contribution in [0.15, 0.2) is 41.1 Å². The van der Waals surface area contributed by atoms with Gasteiger partial charge in [0.05, 0.1) is 7.11 Å². The molecule has 1 aromatic carbocycles. The molecular formula is C22H32N4O3. The van der Waals surface area contributed by atoms with E-state index in [4.69, 9.17) is 9.15 Å². The minimum atomic E-state index is -0.321. The molecule has 29 heavy (non-hydrogen) atoms. The minimum absolute atomic E-state index is 0.115. The summed E-state index contributed by atoms with van der Waals surface area (Å²) in [5.74, 6) is 1.02. The van der Waals surface area contributed by atoms with Crippen molar-refractivity contribution in [1.82, 2.24) is 15.1 Å². The number of nitrogens with one attached hydrogen (secondary N) is 1. The zero-order valence-corrected chi connectivity index (χ0v) is 17.5. The molecule has 1 atom stereocenters. The Kier molecular flexibility index (Phi) is 7.49. The fourth-order valence-corrected chi connectivity index (χ4v) is 3.19. The maximum Gasteiger partial charge on any atom is 0.315 e. The van der Waals surface area contributed by atoms with E-state index in [-0.39, 0.29) is 11.9 Å². The highest BCUT2D eigenvalue weighted by Gasteiger charge is 2.45. The molecule has 5 rings (SSSR count). The summed E-state index contributed by atoms with van der Waals surface area (Å²) < 4.78 is 9.89. The second kappa shape index (κ2) is 10.3. The van der Waals surface area contributed by atoms with Crippen LogP contribution in [0, 0.1) is 5.41 Å². The first-order valence-corrected chi connectivity index (χ1v) is 10.5. The van der Waals surface area contributed by atoms with E-state index < -0.39 is 0 Å². The molecule has 7 heteroatoms. The van der Waals surface area contributed by atoms with Gasteiger partial charge in [-0.3, -0.25) is 4.79 Å². The summed E-state index contributed by atoms with van der Waals surface area (Å²) >= 11 is 0. The summed E-state index contributed by atoms with van der Waals surface area (Å²) in [6, 6.07) is 9.66. The first-order chi connectivity index (χ1) is 14.1. The summed E-state index contributed by atoms with van der Waals surface area (Å²) in [7, 11) is 1.66. The maximum atomic E-state index is 12.2. The molecule has 3 fully saturated rings. The molecule has 0 bridgehead atoms. The number of piperidine rings is 1. The number of hydrogen-bond acceptors (Lipinski definition) is 6. The quantitative estimate of drug-likeness (QED) is 0.831. The monoisotopic (exact) mass is 400 g/mol. The molecule has 2 saturated carbocycles. The van der Waals surface area contributed by atoms with Gasteiger partial charge in [0.15, 0.2) is 0 Å². The Labute approximate surface area is 172 Å². The van der Waals surface area contributed by atoms with Crippen molar-refractivity contribution in [2.45, 2.75) is 57.9 Å². The van der Waals surface area contributed by atoms with E-state index in [2.05, 4.69) is 15.5 Å². The number of carbonyl (C=O) groups is 1. The molecule has 7 nitrogen and oxygen atoms in total. The van der Waals surface area contributed by atoms with E-state index in [0.717, 1.165) is 31.7 Å². The van der Waals surface area contributed by atoms with Crippen LogP contribution in [0.4, 0.5) is 6.01 Å². The molecule has 2 aliphatic carbocycles. The number of anilines is 1. The number of carbonyl (C=O) groups excluding carboxylic acids is 1. The van der Waals surface area contributed by atoms with Crippen LogP contribution in [0.1, 0.15) is 51.9 Å². The fourth-order valence-electron chi connectivity index (χ4n) is 3.19. The Morgan fingerprint density at radius 1 is 1.14 bits per heavy atom. The topological polar surface area (TPSA) is 80.5 Å². The van der Waals surface area contributed by atoms with Gasteiger partial charge in [0, 0.05) is 13.1 Å². The van der Waals surface area contributed by atoms with Crippen molar-refractivity contribution in [3.63, 3.8) is 0 Å². The van der Waals surface area contributed by atoms with Crippen LogP contribution in [-0.2, 0) is 4.79 Å². The van der Waals surface area contributed by atoms with Crippen molar-refractivity contribution in [3.8, 4) is 5.75 Å². The van der Waals surface area contributed by atoms with Crippen molar-refractivity contribution in [2.75, 3.05) is 25.5 Å². The predicted molar refractivity (Wildman–Crippen MR) is 112 cm³/mol. The van der Waals surface area contributed by atoms with Crippen molar-refractivity contribution < 1.29 is 13.9 Å². The molecular weight excluding hydrogens is 368 g/mol. The largest absolute Gasteiger partial charge is 0.497 e. The Morgan fingerprint density at radius 3 is 2.24 bits per heavy atom. The molecule has 1 N–H and O–H groups in total. The van der Waals surface area contributed by atoms with Crippen LogP contribution in [-0.4, -0.2) is 47.2 Å². The lowest BCUT2D eigenvalue weighted by molar-refractivity contribution is -0.133. The van der Waals surface area contributed by atoms with Crippen LogP contribution in [0.3, 0.4) is 0 Å². The molecule has 1 unspecified atom stereocenters. The number of ether oxygens (including phenoxy) is 1. The first-order valence-electron chi connectivity index (χ1n) is 10.5. The van der Waals surface area contributed by atoms with E-state index in [0.29, 0.717) is 11.4 Å². The molecule has 1 spiro atoms. The molecule has 1 aromatic heterocycles. The van der Waals surface area contributed by atoms with Crippen molar-refractivity contribution >= 4 is 11.9 Å². The molecule has 158 valence electrons. The second-order valence-electron chi connectivity index (χ2n) is 8.01. The number of para-hydroxylation sites is 1. The normalized spacial score (nSPS) is 19.0. The average Bonchev–Trinajstić information content (AvgIpc) is 3.71. The Morgan fingerprint density at radius 2 is 1.79 bits per heavy atom. The second-order valence-corrected chi connectivity index (χ2v) is 8.01. The van der Waals surface area contributed by atoms with Gasteiger partial charge in [0.25, 0.3) is 0 Å². The third-order valence-electron chi connectivity index (χ3n) is 5.50. The SMILES string of the molecule is C1CC1.CC(Nc1nnco1)C(=O)N1CCC2(CC1)CC2.COc1ccccc1. The number of likely N-dealkylation sites (tertiary alicyclic amines) is 1. The standard InChI is InChI=1S/C12H18N4O2.C7H8O.C3H6/c1-9(14-11-15-13-8-18-11)10(17)16-6-4-12(2-3-12)5-7-16;1-8-7-5-3-2-4-6-7;1-2-3-1/h8-9H,2-7H2,1H3,(H,14,15);2-6H,1H3;1-3H2. The highest BCUT2D eigenvalue weighted by Crippen LogP contribution is 2.53. The zero-order chi connectivity index (χ0) is 20.5. The average molecular weight is 401 g/mol. The molecule has 2 heterocycles. The van der Waals surface area contributed by atoms with Gasteiger partial charge < -0.3 is 19.4 Å². The molecule has 1 saturated heterocycles. The van der Waals surface area contributed by atoms with Crippen LogP contribution in [0.2, 0.25) is 0 Å². The Bertz CT molecular complexity index is 717. The third-order valence-corrected chi connectivity index (χ3v) is 5.50. The van der Waals surface area contributed by atoms with E-state index >= 15 is 0 Å². The van der Waals surface area contributed by atoms with Crippen molar-refractivity contribution in [3.05, 3.63) is 36.7 Å². The number of benzene rings is 1. The Hall–Kier alpha value is -2.57. The first kappa shape index (κ1) is 21.1. The summed E-state index contributed by atoms with van der Waals surface area (Å²) in [5.41, 5.74) is 0.597. The minimum Gasteiger partial charge on any atom is -0.497 e. The van der Waals surface area contributed by atoms with Gasteiger partial charge in [-0.05, 0) is 50.2 Å². The van der Waals surface area contributed by atoms with Crippen LogP contribution in [0.5, 0.6) is 5.75 Å². The van der Waals surface area contributed by atoms with E-state index in [1.165, 1.54) is 38.5 Å². The number of amides is 1. The van der Waals surface area contributed by atoms with Gasteiger partial charge in [0.1, 0.15) is 11.8 Å². The highest BCUT2D eigenvalue weighted by atomic mass is 16.5. The molecule has 2 aromatic rings. The molecule has 1 aliphatic heterocycles. The van der Waals surface area contributed by atoms with Crippen LogP contribution < -0.4 is 10.1 Å². The lowest BCUT2D eigenvalue weighted by Crippen LogP contribution is -2.45. The number of methoxy groups -OCH3 is 1. The molecule has 0 radical (unpaired) electrons. The van der Waals surface area contributed by atoms with E-state index in [1.54, 1.807) is 7.11 Å². The lowest BCUT2D eigenvalue weighted by Gasteiger charge is -2.33. The van der Waals surface area contributed by atoms with Crippen LogP contribution in [0.25, 0.3) is 0 Å². The maximum absolute atomic E-state index is 12.2. The number of hydrogen-bond donors (Lipinski definition) is 1. The van der Waals surface area contributed by atoms with Gasteiger partial charge in [-0.1, -0.05) is 42.6 Å². The van der Waals surface area contributed by atoms with Crippen molar-refractivity contribution in [2.24, 2.45) is 5.41 Å². The summed E-state index contributed by atoms with van der Waals surface area (Å²) in [5, 5.41) is 10.2. The summed E-state index contributed by atoms with van der Waals surface area (Å²) in [6.45, 7) is 3.59. The van der Waals surface area contributed by atoms with Gasteiger partial charge in [-0.25, -0.2) is 0 Å². The number of aromatic nitrogens is 2. The lowest BCUT2D eigenvalue weighted by atomic mass is 9.93. The van der Waals surface area contributed by atoms with Gasteiger partial charge >= 0.3 is 6.01 Å². The number of rotatable bonds is 4. The summed E-state index contributed by atoms with van der Waals surface area (Å²) in [4.78, 5) is 14.2. The summed E-state index contributed by atoms with van der Waals surface area (Å²) in [6.07, 6.45) is 10.8. The Balaban J connectivity index is 0.000000179.